The lowest BCUT2D eigenvalue weighted by molar-refractivity contribution is -0.0605. The van der Waals surface area contributed by atoms with Gasteiger partial charge in [0.2, 0.25) is 0 Å². The number of ether oxygens (including phenoxy) is 2. The van der Waals surface area contributed by atoms with Crippen molar-refractivity contribution in [3.8, 4) is 0 Å². The molecular formula is C11H19ClN2O4. The minimum Gasteiger partial charge on any atom is -0.444 e. The Morgan fingerprint density at radius 2 is 2.11 bits per heavy atom. The third-order valence-electron chi connectivity index (χ3n) is 2.45. The molecule has 1 aliphatic rings. The van der Waals surface area contributed by atoms with Crippen molar-refractivity contribution in [3.63, 3.8) is 0 Å². The van der Waals surface area contributed by atoms with Crippen molar-refractivity contribution < 1.29 is 19.5 Å². The Bertz CT molecular complexity index is 363. The van der Waals surface area contributed by atoms with Gasteiger partial charge in [-0.25, -0.2) is 4.79 Å². The topological polar surface area (TPSA) is 71.4 Å². The quantitative estimate of drug-likeness (QED) is 0.454. The average molecular weight is 279 g/mol. The SMILES string of the molecule is CC(C)(C)OC(=O)N1[C@H](/C(Cl)=N\O)COC1(C)C. The Morgan fingerprint density at radius 1 is 1.56 bits per heavy atom. The minimum absolute atomic E-state index is 0.105. The van der Waals surface area contributed by atoms with Gasteiger partial charge >= 0.3 is 6.09 Å². The fourth-order valence-corrected chi connectivity index (χ4v) is 1.86. The lowest BCUT2D eigenvalue weighted by Crippen LogP contribution is -2.51. The summed E-state index contributed by atoms with van der Waals surface area (Å²) in [7, 11) is 0. The molecule has 6 nitrogen and oxygen atoms in total. The van der Waals surface area contributed by atoms with Gasteiger partial charge in [0.25, 0.3) is 0 Å². The highest BCUT2D eigenvalue weighted by Gasteiger charge is 2.47. The fraction of sp³-hybridized carbons (Fsp3) is 0.818. The van der Waals surface area contributed by atoms with Gasteiger partial charge in [0.05, 0.1) is 6.61 Å². The van der Waals surface area contributed by atoms with Gasteiger partial charge < -0.3 is 14.7 Å². The predicted octanol–water partition coefficient (Wildman–Crippen LogP) is 2.38. The summed E-state index contributed by atoms with van der Waals surface area (Å²) in [6, 6.07) is -0.637. The highest BCUT2D eigenvalue weighted by molar-refractivity contribution is 6.66. The Hall–Kier alpha value is -1.01. The van der Waals surface area contributed by atoms with E-state index in [0.29, 0.717) is 0 Å². The summed E-state index contributed by atoms with van der Waals surface area (Å²) >= 11 is 5.78. The largest absolute Gasteiger partial charge is 0.444 e. The second-order valence-corrected chi connectivity index (χ2v) is 5.93. The molecule has 1 saturated heterocycles. The van der Waals surface area contributed by atoms with E-state index in [1.165, 1.54) is 4.90 Å². The highest BCUT2D eigenvalue weighted by Crippen LogP contribution is 2.30. The zero-order valence-corrected chi connectivity index (χ0v) is 12.0. The molecule has 0 spiro atoms. The summed E-state index contributed by atoms with van der Waals surface area (Å²) in [5, 5.41) is 11.5. The van der Waals surface area contributed by atoms with Crippen molar-refractivity contribution in [3.05, 3.63) is 0 Å². The minimum atomic E-state index is -0.863. The van der Waals surface area contributed by atoms with Gasteiger partial charge in [0.15, 0.2) is 5.17 Å². The maximum Gasteiger partial charge on any atom is 0.413 e. The molecule has 1 fully saturated rings. The van der Waals surface area contributed by atoms with E-state index in [4.69, 9.17) is 26.3 Å². The third-order valence-corrected chi connectivity index (χ3v) is 2.77. The Kier molecular flexibility index (Phi) is 4.12. The van der Waals surface area contributed by atoms with Crippen LogP contribution in [-0.4, -0.2) is 45.3 Å². The van der Waals surface area contributed by atoms with Gasteiger partial charge in [-0.2, -0.15) is 0 Å². The number of rotatable bonds is 1. The van der Waals surface area contributed by atoms with E-state index >= 15 is 0 Å². The van der Waals surface area contributed by atoms with E-state index in [0.717, 1.165) is 0 Å². The first-order chi connectivity index (χ1) is 8.08. The van der Waals surface area contributed by atoms with Crippen molar-refractivity contribution >= 4 is 22.9 Å². The number of hydrogen-bond donors (Lipinski definition) is 1. The standard InChI is InChI=1S/C11H19ClN2O4/c1-10(2,3)18-9(15)14-7(8(12)13-16)6-17-11(14,4)5/h7,16H,6H2,1-5H3/b13-8+/t7-/m0/s1. The summed E-state index contributed by atoms with van der Waals surface area (Å²) in [6.07, 6.45) is -0.559. The van der Waals surface area contributed by atoms with Crippen molar-refractivity contribution in [1.82, 2.24) is 4.90 Å². The molecule has 1 aliphatic heterocycles. The Balaban J connectivity index is 2.96. The molecule has 0 radical (unpaired) electrons. The van der Waals surface area contributed by atoms with Crippen LogP contribution in [0.1, 0.15) is 34.6 Å². The van der Waals surface area contributed by atoms with Crippen LogP contribution < -0.4 is 0 Å². The summed E-state index contributed by atoms with van der Waals surface area (Å²) in [4.78, 5) is 13.5. The Morgan fingerprint density at radius 3 is 2.56 bits per heavy atom. The molecule has 104 valence electrons. The number of nitrogens with zero attached hydrogens (tertiary/aromatic N) is 2. The van der Waals surface area contributed by atoms with E-state index in [-0.39, 0.29) is 11.8 Å². The maximum absolute atomic E-state index is 12.1. The summed E-state index contributed by atoms with van der Waals surface area (Å²) < 4.78 is 10.8. The van der Waals surface area contributed by atoms with Gasteiger partial charge in [-0.1, -0.05) is 16.8 Å². The van der Waals surface area contributed by atoms with Crippen LogP contribution in [0, 0.1) is 0 Å². The van der Waals surface area contributed by atoms with Gasteiger partial charge in [-0.3, -0.25) is 4.90 Å². The highest BCUT2D eigenvalue weighted by atomic mass is 35.5. The van der Waals surface area contributed by atoms with E-state index in [1.54, 1.807) is 34.6 Å². The molecule has 1 heterocycles. The van der Waals surface area contributed by atoms with Gasteiger partial charge in [0, 0.05) is 0 Å². The third kappa shape index (κ3) is 3.26. The lowest BCUT2D eigenvalue weighted by Gasteiger charge is -2.34. The molecule has 7 heteroatoms. The van der Waals surface area contributed by atoms with E-state index in [1.807, 2.05) is 0 Å². The van der Waals surface area contributed by atoms with Crippen molar-refractivity contribution in [1.29, 1.82) is 0 Å². The van der Waals surface area contributed by atoms with Crippen LogP contribution in [0.25, 0.3) is 0 Å². The van der Waals surface area contributed by atoms with E-state index in [9.17, 15) is 4.79 Å². The monoisotopic (exact) mass is 278 g/mol. The van der Waals surface area contributed by atoms with Crippen LogP contribution >= 0.6 is 11.6 Å². The molecule has 0 aromatic carbocycles. The molecule has 0 aromatic heterocycles. The molecule has 1 rings (SSSR count). The van der Waals surface area contributed by atoms with Crippen molar-refractivity contribution in [2.45, 2.75) is 52.0 Å². The molecule has 0 aliphatic carbocycles. The first-order valence-electron chi connectivity index (χ1n) is 5.62. The average Bonchev–Trinajstić information content (AvgIpc) is 2.50. The first kappa shape index (κ1) is 15.0. The van der Waals surface area contributed by atoms with Crippen molar-refractivity contribution in [2.24, 2.45) is 5.16 Å². The molecule has 1 atom stereocenters. The van der Waals surface area contributed by atoms with Crippen LogP contribution in [0.2, 0.25) is 0 Å². The van der Waals surface area contributed by atoms with Crippen LogP contribution in [0.4, 0.5) is 4.79 Å². The zero-order chi connectivity index (χ0) is 14.1. The number of carbonyl (C=O) groups is 1. The first-order valence-corrected chi connectivity index (χ1v) is 6.00. The van der Waals surface area contributed by atoms with Crippen LogP contribution in [0.15, 0.2) is 5.16 Å². The van der Waals surface area contributed by atoms with E-state index in [2.05, 4.69) is 5.16 Å². The smallest absolute Gasteiger partial charge is 0.413 e. The summed E-state index contributed by atoms with van der Waals surface area (Å²) in [6.45, 7) is 8.91. The number of halogens is 1. The number of amides is 1. The Labute approximate surface area is 111 Å². The summed E-state index contributed by atoms with van der Waals surface area (Å²) in [5.41, 5.74) is -1.49. The fourth-order valence-electron chi connectivity index (χ4n) is 1.70. The van der Waals surface area contributed by atoms with Crippen LogP contribution in [-0.2, 0) is 9.47 Å². The molecule has 0 aromatic rings. The number of hydrogen-bond acceptors (Lipinski definition) is 5. The van der Waals surface area contributed by atoms with Gasteiger partial charge in [-0.05, 0) is 34.6 Å². The normalized spacial score (nSPS) is 24.2. The molecule has 0 saturated carbocycles. The molecule has 0 unspecified atom stereocenters. The number of oxime groups is 1. The summed E-state index contributed by atoms with van der Waals surface area (Å²) in [5.74, 6) is 0. The maximum atomic E-state index is 12.1. The lowest BCUT2D eigenvalue weighted by atomic mass is 10.2. The van der Waals surface area contributed by atoms with Gasteiger partial charge in [-0.15, -0.1) is 0 Å². The molecule has 18 heavy (non-hydrogen) atoms. The van der Waals surface area contributed by atoms with Gasteiger partial charge in [0.1, 0.15) is 17.4 Å². The molecule has 1 amide bonds. The second kappa shape index (κ2) is 4.93. The zero-order valence-electron chi connectivity index (χ0n) is 11.2. The van der Waals surface area contributed by atoms with E-state index < -0.39 is 23.5 Å². The van der Waals surface area contributed by atoms with Crippen molar-refractivity contribution in [2.75, 3.05) is 6.61 Å². The molecule has 0 bridgehead atoms. The number of carbonyl (C=O) groups excluding carboxylic acids is 1. The second-order valence-electron chi connectivity index (χ2n) is 5.55. The molecule has 1 N–H and O–H groups in total. The van der Waals surface area contributed by atoms with Crippen LogP contribution in [0.3, 0.4) is 0 Å². The van der Waals surface area contributed by atoms with Crippen LogP contribution in [0.5, 0.6) is 0 Å². The predicted molar refractivity (Wildman–Crippen MR) is 67.0 cm³/mol. The molecular weight excluding hydrogens is 260 g/mol.